The Morgan fingerprint density at radius 3 is 2.57 bits per heavy atom. The lowest BCUT2D eigenvalue weighted by atomic mass is 9.80. The van der Waals surface area contributed by atoms with Gasteiger partial charge < -0.3 is 30.0 Å². The number of carbonyl (C=O) groups excluding carboxylic acids is 2. The molecule has 1 aliphatic heterocycles. The van der Waals surface area contributed by atoms with E-state index < -0.39 is 22.8 Å². The zero-order valence-corrected chi connectivity index (χ0v) is 27.0. The molecule has 1 fully saturated rings. The van der Waals surface area contributed by atoms with Crippen LogP contribution in [0.4, 0.5) is 0 Å². The summed E-state index contributed by atoms with van der Waals surface area (Å²) in [5, 5.41) is 16.0. The second kappa shape index (κ2) is 11.6. The lowest BCUT2D eigenvalue weighted by Gasteiger charge is -2.30. The first kappa shape index (κ1) is 31.0. The minimum absolute atomic E-state index is 0.0388. The van der Waals surface area contributed by atoms with Gasteiger partial charge in [0.05, 0.1) is 29.4 Å². The van der Waals surface area contributed by atoms with Crippen molar-refractivity contribution in [3.05, 3.63) is 105 Å². The fraction of sp³-hybridized carbons (Fsp3) is 0.257. The van der Waals surface area contributed by atoms with Crippen molar-refractivity contribution < 1.29 is 28.6 Å². The minimum Gasteiger partial charge on any atom is -0.494 e. The molecule has 4 N–H and O–H groups in total. The van der Waals surface area contributed by atoms with E-state index in [9.17, 15) is 14.7 Å². The zero-order valence-electron chi connectivity index (χ0n) is 25.5. The SMILES string of the molecule is COc1cc(C(=O)NC[C@@](O)(c2ccccc2)c2cc3c(c(-c4cccc(Cl)c4Cl)n2)OC[C@]3(C)C(N)=O)cc2oc(C3CC3)nc12. The molecular formula is C35H30Cl2N4O6. The Kier molecular flexibility index (Phi) is 7.62. The Hall–Kier alpha value is -4.64. The highest BCUT2D eigenvalue weighted by Gasteiger charge is 2.46. The van der Waals surface area contributed by atoms with E-state index in [2.05, 4.69) is 10.3 Å². The minimum atomic E-state index is -1.90. The predicted molar refractivity (Wildman–Crippen MR) is 176 cm³/mol. The number of hydrogen-bond acceptors (Lipinski definition) is 8. The van der Waals surface area contributed by atoms with Crippen LogP contribution in [0.1, 0.15) is 58.8 Å². The van der Waals surface area contributed by atoms with Gasteiger partial charge in [-0.05, 0) is 49.6 Å². The van der Waals surface area contributed by atoms with Crippen molar-refractivity contribution in [3.8, 4) is 22.8 Å². The van der Waals surface area contributed by atoms with E-state index in [0.29, 0.717) is 45.2 Å². The maximum atomic E-state index is 13.7. The average Bonchev–Trinajstić information content (AvgIpc) is 3.75. The number of hydrogen-bond donors (Lipinski definition) is 3. The standard InChI is InChI=1S/C35H30Cl2N4O6/c1-34(33(38)43)17-46-30-22(34)15-26(40-28(30)21-9-6-10-23(36)27(21)37)35(44,20-7-4-3-5-8-20)16-39-31(42)19-13-24(45-2)29-25(14-19)47-32(41-29)18-11-12-18/h3-10,13-15,18,44H,11-12,16-17H2,1-2H3,(H2,38,43)(H,39,42)/t34-,35+/m0/s1. The molecule has 240 valence electrons. The van der Waals surface area contributed by atoms with E-state index in [1.165, 1.54) is 7.11 Å². The van der Waals surface area contributed by atoms with Crippen LogP contribution in [-0.4, -0.2) is 47.2 Å². The molecule has 7 rings (SSSR count). The van der Waals surface area contributed by atoms with Crippen molar-refractivity contribution in [2.75, 3.05) is 20.3 Å². The summed E-state index contributed by atoms with van der Waals surface area (Å²) in [5.74, 6) is 0.494. The Morgan fingerprint density at radius 1 is 1.11 bits per heavy atom. The third-order valence-electron chi connectivity index (χ3n) is 8.89. The molecule has 2 aliphatic rings. The van der Waals surface area contributed by atoms with Gasteiger partial charge in [0.2, 0.25) is 5.91 Å². The first-order chi connectivity index (χ1) is 22.5. The Bertz CT molecular complexity index is 2060. The number of fused-ring (bicyclic) bond motifs is 2. The van der Waals surface area contributed by atoms with Crippen LogP contribution >= 0.6 is 23.2 Å². The van der Waals surface area contributed by atoms with Crippen molar-refractivity contribution in [1.82, 2.24) is 15.3 Å². The van der Waals surface area contributed by atoms with Gasteiger partial charge in [-0.15, -0.1) is 0 Å². The summed E-state index contributed by atoms with van der Waals surface area (Å²) in [6.45, 7) is 1.32. The molecule has 3 heterocycles. The predicted octanol–water partition coefficient (Wildman–Crippen LogP) is 5.88. The largest absolute Gasteiger partial charge is 0.494 e. The van der Waals surface area contributed by atoms with Crippen LogP contribution in [0.5, 0.6) is 11.5 Å². The molecular weight excluding hydrogens is 643 g/mol. The first-order valence-corrected chi connectivity index (χ1v) is 15.8. The number of pyridine rings is 1. The molecule has 10 nitrogen and oxygen atoms in total. The molecule has 0 saturated heterocycles. The number of primary amides is 1. The smallest absolute Gasteiger partial charge is 0.251 e. The van der Waals surface area contributed by atoms with Crippen LogP contribution in [-0.2, 0) is 15.8 Å². The van der Waals surface area contributed by atoms with Crippen molar-refractivity contribution >= 4 is 46.1 Å². The van der Waals surface area contributed by atoms with Gasteiger partial charge in [-0.25, -0.2) is 9.97 Å². The fourth-order valence-electron chi connectivity index (χ4n) is 5.84. The number of rotatable bonds is 9. The molecule has 1 aliphatic carbocycles. The number of ether oxygens (including phenoxy) is 2. The summed E-state index contributed by atoms with van der Waals surface area (Å²) in [5.41, 5.74) is 5.67. The van der Waals surface area contributed by atoms with Gasteiger partial charge in [-0.1, -0.05) is 65.7 Å². The van der Waals surface area contributed by atoms with Gasteiger partial charge in [0, 0.05) is 22.6 Å². The maximum absolute atomic E-state index is 13.7. The van der Waals surface area contributed by atoms with E-state index in [4.69, 9.17) is 47.8 Å². The highest BCUT2D eigenvalue weighted by Crippen LogP contribution is 2.48. The van der Waals surface area contributed by atoms with Crippen molar-refractivity contribution in [1.29, 1.82) is 0 Å². The van der Waals surface area contributed by atoms with Crippen LogP contribution in [0, 0.1) is 0 Å². The van der Waals surface area contributed by atoms with Crippen molar-refractivity contribution in [2.45, 2.75) is 36.7 Å². The van der Waals surface area contributed by atoms with Gasteiger partial charge in [0.15, 0.2) is 17.0 Å². The van der Waals surface area contributed by atoms with E-state index in [0.717, 1.165) is 12.8 Å². The summed E-state index contributed by atoms with van der Waals surface area (Å²) in [6.07, 6.45) is 2.01. The molecule has 5 aromatic rings. The summed E-state index contributed by atoms with van der Waals surface area (Å²) < 4.78 is 17.5. The Labute approximate surface area is 279 Å². The quantitative estimate of drug-likeness (QED) is 0.176. The summed E-state index contributed by atoms with van der Waals surface area (Å²) in [6, 6.07) is 18.6. The fourth-order valence-corrected chi connectivity index (χ4v) is 6.23. The lowest BCUT2D eigenvalue weighted by molar-refractivity contribution is -0.123. The molecule has 0 spiro atoms. The van der Waals surface area contributed by atoms with Gasteiger partial charge >= 0.3 is 0 Å². The normalized spacial score (nSPS) is 18.3. The number of aromatic nitrogens is 2. The lowest BCUT2D eigenvalue weighted by Crippen LogP contribution is -2.43. The van der Waals surface area contributed by atoms with Crippen LogP contribution in [0.2, 0.25) is 10.0 Å². The number of carbonyl (C=O) groups is 2. The van der Waals surface area contributed by atoms with Crippen LogP contribution in [0.3, 0.4) is 0 Å². The molecule has 2 atom stereocenters. The molecule has 0 bridgehead atoms. The molecule has 12 heteroatoms. The molecule has 2 amide bonds. The molecule has 2 aromatic heterocycles. The number of oxazole rings is 1. The molecule has 0 radical (unpaired) electrons. The number of nitrogens with two attached hydrogens (primary N) is 1. The van der Waals surface area contributed by atoms with Crippen molar-refractivity contribution in [2.24, 2.45) is 5.73 Å². The van der Waals surface area contributed by atoms with E-state index in [1.807, 2.05) is 6.07 Å². The molecule has 1 saturated carbocycles. The summed E-state index contributed by atoms with van der Waals surface area (Å²) in [4.78, 5) is 35.9. The highest BCUT2D eigenvalue weighted by molar-refractivity contribution is 6.43. The average molecular weight is 674 g/mol. The second-order valence-electron chi connectivity index (χ2n) is 12.1. The van der Waals surface area contributed by atoms with Gasteiger partial charge in [-0.3, -0.25) is 9.59 Å². The van der Waals surface area contributed by atoms with Crippen molar-refractivity contribution in [3.63, 3.8) is 0 Å². The van der Waals surface area contributed by atoms with E-state index >= 15 is 0 Å². The first-order valence-electron chi connectivity index (χ1n) is 15.0. The van der Waals surface area contributed by atoms with E-state index in [1.54, 1.807) is 67.6 Å². The third kappa shape index (κ3) is 5.26. The number of halogens is 2. The Morgan fingerprint density at radius 2 is 1.87 bits per heavy atom. The maximum Gasteiger partial charge on any atom is 0.251 e. The number of nitrogens with zero attached hydrogens (tertiary/aromatic N) is 2. The van der Waals surface area contributed by atoms with Gasteiger partial charge in [-0.2, -0.15) is 0 Å². The Balaban J connectivity index is 1.33. The van der Waals surface area contributed by atoms with Gasteiger partial charge in [0.1, 0.15) is 34.8 Å². The van der Waals surface area contributed by atoms with Gasteiger partial charge in [0.25, 0.3) is 5.91 Å². The monoisotopic (exact) mass is 672 g/mol. The van der Waals surface area contributed by atoms with Crippen LogP contribution in [0.25, 0.3) is 22.4 Å². The second-order valence-corrected chi connectivity index (χ2v) is 12.9. The van der Waals surface area contributed by atoms with Crippen LogP contribution < -0.4 is 20.5 Å². The summed E-state index contributed by atoms with van der Waals surface area (Å²) in [7, 11) is 1.50. The zero-order chi connectivity index (χ0) is 33.1. The number of amides is 2. The molecule has 47 heavy (non-hydrogen) atoms. The third-order valence-corrected chi connectivity index (χ3v) is 9.71. The highest BCUT2D eigenvalue weighted by atomic mass is 35.5. The summed E-state index contributed by atoms with van der Waals surface area (Å²) >= 11 is 13.0. The number of benzene rings is 3. The van der Waals surface area contributed by atoms with Crippen LogP contribution in [0.15, 0.2) is 71.1 Å². The topological polar surface area (TPSA) is 150 Å². The number of aliphatic hydroxyl groups is 1. The molecule has 0 unspecified atom stereocenters. The number of nitrogens with one attached hydrogen (secondary N) is 1. The van der Waals surface area contributed by atoms with E-state index in [-0.39, 0.29) is 46.1 Å². The number of methoxy groups -OCH3 is 1. The molecule has 3 aromatic carbocycles.